The molecule has 0 aliphatic carbocycles. The molecule has 198 valence electrons. The highest BCUT2D eigenvalue weighted by Crippen LogP contribution is 2.51. The molecule has 33 heavy (non-hydrogen) atoms. The zero-order chi connectivity index (χ0) is 24.8. The molecular weight excluding hydrogens is 429 g/mol. The van der Waals surface area contributed by atoms with Crippen LogP contribution in [0.15, 0.2) is 12.2 Å². The topological polar surface area (TPSA) is 46.5 Å². The molecule has 0 aromatic rings. The molecule has 0 aliphatic rings. The molecule has 0 spiro atoms. The van der Waals surface area contributed by atoms with Crippen molar-refractivity contribution in [2.24, 2.45) is 0 Å². The molecule has 0 rings (SSSR count). The second kappa shape index (κ2) is 21.2. The van der Waals surface area contributed by atoms with E-state index in [9.17, 15) is 9.46 Å². The molecule has 0 saturated heterocycles. The van der Waals surface area contributed by atoms with Crippen LogP contribution in [0.4, 0.5) is 0 Å². The summed E-state index contributed by atoms with van der Waals surface area (Å²) in [6.07, 6.45) is 28.4. The van der Waals surface area contributed by atoms with E-state index in [4.69, 9.17) is 4.52 Å². The van der Waals surface area contributed by atoms with Crippen LogP contribution in [0.2, 0.25) is 0 Å². The third kappa shape index (κ3) is 19.8. The van der Waals surface area contributed by atoms with Gasteiger partial charge in [0, 0.05) is 6.42 Å². The Morgan fingerprint density at radius 1 is 0.697 bits per heavy atom. The molecule has 0 fully saturated rings. The van der Waals surface area contributed by atoms with Crippen LogP contribution in [0.3, 0.4) is 0 Å². The van der Waals surface area contributed by atoms with Gasteiger partial charge in [-0.1, -0.05) is 109 Å². The summed E-state index contributed by atoms with van der Waals surface area (Å²) in [6, 6.07) is 0. The number of hydrogen-bond acceptors (Lipinski definition) is 2. The second-order valence-corrected chi connectivity index (χ2v) is 12.8. The summed E-state index contributed by atoms with van der Waals surface area (Å²) < 4.78 is 18.6. The Balaban J connectivity index is 3.47. The van der Waals surface area contributed by atoms with Gasteiger partial charge in [-0.05, 0) is 32.1 Å². The Kier molecular flexibility index (Phi) is 21.1. The van der Waals surface area contributed by atoms with Crippen LogP contribution in [-0.4, -0.2) is 42.9 Å². The van der Waals surface area contributed by atoms with Crippen LogP contribution in [0, 0.1) is 0 Å². The summed E-state index contributed by atoms with van der Waals surface area (Å²) in [5.74, 6) is -0.333. The van der Waals surface area contributed by atoms with Crippen LogP contribution in [-0.2, 0) is 9.09 Å². The molecule has 0 aromatic carbocycles. The van der Waals surface area contributed by atoms with Crippen molar-refractivity contribution >= 4 is 7.60 Å². The standard InChI is InChI=1S/C28H58NO3P/c1-6-8-9-10-11-12-13-14-15-16-17-18-19-20-21-22-23-24-25-27-32-33(30,31)28(26-7-2)29(3,4)5/h9-10,28H,6-8,11-27H2,1-5H3/p+1. The zero-order valence-electron chi connectivity index (χ0n) is 23.0. The Morgan fingerprint density at radius 3 is 1.55 bits per heavy atom. The number of quaternary nitrogens is 1. The summed E-state index contributed by atoms with van der Waals surface area (Å²) >= 11 is 0. The van der Waals surface area contributed by atoms with E-state index in [2.05, 4.69) is 26.0 Å². The molecule has 0 amide bonds. The minimum atomic E-state index is -3.56. The number of unbranched alkanes of at least 4 members (excludes halogenated alkanes) is 15. The van der Waals surface area contributed by atoms with Crippen LogP contribution >= 0.6 is 7.60 Å². The van der Waals surface area contributed by atoms with E-state index in [1.165, 1.54) is 96.3 Å². The van der Waals surface area contributed by atoms with Crippen molar-refractivity contribution in [2.45, 2.75) is 142 Å². The summed E-state index contributed by atoms with van der Waals surface area (Å²) in [5, 5.41) is 0. The average Bonchev–Trinajstić information content (AvgIpc) is 2.75. The smallest absolute Gasteiger partial charge is 0.320 e. The third-order valence-electron chi connectivity index (χ3n) is 6.48. The van der Waals surface area contributed by atoms with Gasteiger partial charge in [-0.2, -0.15) is 0 Å². The molecule has 0 aromatic heterocycles. The number of rotatable bonds is 24. The molecule has 0 heterocycles. The fourth-order valence-corrected chi connectivity index (χ4v) is 6.44. The van der Waals surface area contributed by atoms with Gasteiger partial charge in [0.2, 0.25) is 0 Å². The molecular formula is C28H59NO3P+. The lowest BCUT2D eigenvalue weighted by molar-refractivity contribution is -0.883. The normalized spacial score (nSPS) is 15.2. The molecule has 0 radical (unpaired) electrons. The highest BCUT2D eigenvalue weighted by atomic mass is 31.2. The minimum Gasteiger partial charge on any atom is -0.320 e. The van der Waals surface area contributed by atoms with Gasteiger partial charge in [0.15, 0.2) is 5.78 Å². The van der Waals surface area contributed by atoms with Gasteiger partial charge in [0.25, 0.3) is 0 Å². The fraction of sp³-hybridized carbons (Fsp3) is 0.929. The number of hydrogen-bond donors (Lipinski definition) is 1. The maximum atomic E-state index is 12.7. The lowest BCUT2D eigenvalue weighted by Gasteiger charge is -2.35. The van der Waals surface area contributed by atoms with Crippen molar-refractivity contribution in [3.8, 4) is 0 Å². The SMILES string of the molecule is CCCC=CCCCCCCCCCCCCCCCCOP(=O)(O)C(CCC)[N+](C)(C)C. The quantitative estimate of drug-likeness (QED) is 0.0637. The van der Waals surface area contributed by atoms with Gasteiger partial charge in [-0.15, -0.1) is 0 Å². The minimum absolute atomic E-state index is 0.333. The highest BCUT2D eigenvalue weighted by molar-refractivity contribution is 7.53. The van der Waals surface area contributed by atoms with Gasteiger partial charge in [-0.25, -0.2) is 0 Å². The first-order valence-electron chi connectivity index (χ1n) is 14.2. The summed E-state index contributed by atoms with van der Waals surface area (Å²) in [7, 11) is 2.36. The first kappa shape index (κ1) is 32.8. The maximum absolute atomic E-state index is 12.7. The molecule has 1 N–H and O–H groups in total. The van der Waals surface area contributed by atoms with E-state index >= 15 is 0 Å². The van der Waals surface area contributed by atoms with Crippen LogP contribution < -0.4 is 0 Å². The molecule has 0 saturated carbocycles. The van der Waals surface area contributed by atoms with Gasteiger partial charge in [-0.3, -0.25) is 4.57 Å². The van der Waals surface area contributed by atoms with E-state index in [0.29, 0.717) is 17.5 Å². The van der Waals surface area contributed by atoms with E-state index in [-0.39, 0.29) is 5.78 Å². The maximum Gasteiger partial charge on any atom is 0.385 e. The van der Waals surface area contributed by atoms with Crippen molar-refractivity contribution in [3.05, 3.63) is 12.2 Å². The molecule has 2 atom stereocenters. The molecule has 4 nitrogen and oxygen atoms in total. The first-order valence-corrected chi connectivity index (χ1v) is 15.8. The Labute approximate surface area is 207 Å². The predicted octanol–water partition coefficient (Wildman–Crippen LogP) is 9.23. The van der Waals surface area contributed by atoms with Gasteiger partial charge >= 0.3 is 7.60 Å². The number of nitrogens with zero attached hydrogens (tertiary/aromatic N) is 1. The Morgan fingerprint density at radius 2 is 1.12 bits per heavy atom. The van der Waals surface area contributed by atoms with Crippen molar-refractivity contribution in [3.63, 3.8) is 0 Å². The van der Waals surface area contributed by atoms with Gasteiger partial charge in [0.1, 0.15) is 0 Å². The molecule has 0 bridgehead atoms. The molecule has 0 aliphatic heterocycles. The number of allylic oxidation sites excluding steroid dienone is 2. The van der Waals surface area contributed by atoms with E-state index in [1.807, 2.05) is 21.1 Å². The van der Waals surface area contributed by atoms with Crippen molar-refractivity contribution in [1.29, 1.82) is 0 Å². The third-order valence-corrected chi connectivity index (χ3v) is 8.74. The van der Waals surface area contributed by atoms with Crippen LogP contribution in [0.5, 0.6) is 0 Å². The van der Waals surface area contributed by atoms with E-state index in [1.54, 1.807) is 0 Å². The first-order chi connectivity index (χ1) is 15.8. The molecule has 2 unspecified atom stereocenters. The van der Waals surface area contributed by atoms with Crippen LogP contribution in [0.25, 0.3) is 0 Å². The van der Waals surface area contributed by atoms with Gasteiger partial charge < -0.3 is 13.9 Å². The lowest BCUT2D eigenvalue weighted by atomic mass is 10.0. The predicted molar refractivity (Wildman–Crippen MR) is 146 cm³/mol. The summed E-state index contributed by atoms with van der Waals surface area (Å²) in [6.45, 7) is 4.70. The summed E-state index contributed by atoms with van der Waals surface area (Å²) in [4.78, 5) is 10.4. The lowest BCUT2D eigenvalue weighted by Crippen LogP contribution is -2.45. The highest BCUT2D eigenvalue weighted by Gasteiger charge is 2.41. The van der Waals surface area contributed by atoms with Crippen molar-refractivity contribution < 1.29 is 18.5 Å². The zero-order valence-corrected chi connectivity index (χ0v) is 23.9. The monoisotopic (exact) mass is 488 g/mol. The van der Waals surface area contributed by atoms with Crippen molar-refractivity contribution in [1.82, 2.24) is 0 Å². The Bertz CT molecular complexity index is 502. The largest absolute Gasteiger partial charge is 0.385 e. The molecule has 5 heteroatoms. The van der Waals surface area contributed by atoms with E-state index in [0.717, 1.165) is 19.3 Å². The van der Waals surface area contributed by atoms with Gasteiger partial charge in [0.05, 0.1) is 27.7 Å². The van der Waals surface area contributed by atoms with Crippen molar-refractivity contribution in [2.75, 3.05) is 27.7 Å². The average molecular weight is 489 g/mol. The fourth-order valence-electron chi connectivity index (χ4n) is 4.42. The van der Waals surface area contributed by atoms with E-state index < -0.39 is 7.60 Å². The summed E-state index contributed by atoms with van der Waals surface area (Å²) in [5.41, 5.74) is 0. The Hall–Kier alpha value is -0.150. The van der Waals surface area contributed by atoms with Crippen LogP contribution in [0.1, 0.15) is 136 Å². The second-order valence-electron chi connectivity index (χ2n) is 10.8.